The molecule has 0 saturated carbocycles. The van der Waals surface area contributed by atoms with Crippen molar-refractivity contribution in [1.82, 2.24) is 9.55 Å². The van der Waals surface area contributed by atoms with E-state index in [0.29, 0.717) is 17.9 Å². The van der Waals surface area contributed by atoms with Crippen LogP contribution in [0.25, 0.3) is 11.0 Å². The first-order valence-corrected chi connectivity index (χ1v) is 5.67. The number of aromatic nitrogens is 2. The molecule has 0 fully saturated rings. The lowest BCUT2D eigenvalue weighted by Crippen LogP contribution is -2.12. The molecule has 2 aromatic rings. The molecule has 1 aliphatic heterocycles. The minimum atomic E-state index is -0.455. The summed E-state index contributed by atoms with van der Waals surface area (Å²) < 4.78 is 7.75. The number of nitrogens with two attached hydrogens (primary N) is 1. The standard InChI is InChI=1S/C12H13N3O2/c13-12(16)8-5-9-11-10(6-8)17-4-2-1-3-15(11)7-14-9/h5-7H,1-4H2,(H2,13,16). The quantitative estimate of drug-likeness (QED) is 0.804. The smallest absolute Gasteiger partial charge is 0.248 e. The zero-order valence-corrected chi connectivity index (χ0v) is 9.35. The van der Waals surface area contributed by atoms with Gasteiger partial charge in [0.15, 0.2) is 0 Å². The average Bonchev–Trinajstić information content (AvgIpc) is 2.67. The van der Waals surface area contributed by atoms with E-state index in [2.05, 4.69) is 9.55 Å². The number of hydrogen-bond acceptors (Lipinski definition) is 3. The van der Waals surface area contributed by atoms with Gasteiger partial charge in [-0.3, -0.25) is 4.79 Å². The summed E-state index contributed by atoms with van der Waals surface area (Å²) in [6, 6.07) is 3.41. The zero-order chi connectivity index (χ0) is 11.8. The summed E-state index contributed by atoms with van der Waals surface area (Å²) >= 11 is 0. The van der Waals surface area contributed by atoms with Gasteiger partial charge in [-0.1, -0.05) is 0 Å². The number of primary amides is 1. The SMILES string of the molecule is NC(=O)c1cc2c3c(c1)ncn3CCCCO2. The normalized spacial score (nSPS) is 15.1. The molecule has 0 aliphatic carbocycles. The van der Waals surface area contributed by atoms with Crippen LogP contribution in [0, 0.1) is 0 Å². The van der Waals surface area contributed by atoms with Crippen molar-refractivity contribution in [2.45, 2.75) is 19.4 Å². The summed E-state index contributed by atoms with van der Waals surface area (Å²) in [6.07, 6.45) is 3.86. The summed E-state index contributed by atoms with van der Waals surface area (Å²) in [4.78, 5) is 15.5. The lowest BCUT2D eigenvalue weighted by Gasteiger charge is -2.14. The Balaban J connectivity index is 2.26. The molecule has 2 N–H and O–H groups in total. The molecule has 0 spiro atoms. The third-order valence-electron chi connectivity index (χ3n) is 3.01. The monoisotopic (exact) mass is 231 g/mol. The molecule has 5 heteroatoms. The highest BCUT2D eigenvalue weighted by Crippen LogP contribution is 2.28. The Morgan fingerprint density at radius 3 is 3.12 bits per heavy atom. The Kier molecular flexibility index (Phi) is 2.24. The van der Waals surface area contributed by atoms with Crippen molar-refractivity contribution in [1.29, 1.82) is 0 Å². The van der Waals surface area contributed by atoms with Crippen LogP contribution in [0.2, 0.25) is 0 Å². The van der Waals surface area contributed by atoms with Gasteiger partial charge in [-0.05, 0) is 25.0 Å². The van der Waals surface area contributed by atoms with E-state index in [1.807, 2.05) is 0 Å². The van der Waals surface area contributed by atoms with Crippen molar-refractivity contribution in [2.24, 2.45) is 5.73 Å². The second kappa shape index (κ2) is 3.76. The second-order valence-corrected chi connectivity index (χ2v) is 4.20. The van der Waals surface area contributed by atoms with E-state index in [1.165, 1.54) is 0 Å². The number of aryl methyl sites for hydroxylation is 1. The van der Waals surface area contributed by atoms with Crippen LogP contribution in [0.5, 0.6) is 5.75 Å². The third kappa shape index (κ3) is 1.63. The Bertz CT molecular complexity index is 589. The van der Waals surface area contributed by atoms with Crippen LogP contribution in [-0.2, 0) is 6.54 Å². The zero-order valence-electron chi connectivity index (χ0n) is 9.35. The van der Waals surface area contributed by atoms with Gasteiger partial charge in [0.1, 0.15) is 11.3 Å². The summed E-state index contributed by atoms with van der Waals surface area (Å²) in [7, 11) is 0. The molecule has 17 heavy (non-hydrogen) atoms. The number of amides is 1. The number of imidazole rings is 1. The number of carbonyl (C=O) groups is 1. The fourth-order valence-corrected chi connectivity index (χ4v) is 2.16. The maximum Gasteiger partial charge on any atom is 0.248 e. The van der Waals surface area contributed by atoms with Gasteiger partial charge in [0, 0.05) is 12.1 Å². The van der Waals surface area contributed by atoms with Crippen molar-refractivity contribution in [2.75, 3.05) is 6.61 Å². The van der Waals surface area contributed by atoms with Crippen LogP contribution in [-0.4, -0.2) is 22.1 Å². The minimum absolute atomic E-state index is 0.443. The Labute approximate surface area is 98.2 Å². The Morgan fingerprint density at radius 2 is 2.29 bits per heavy atom. The number of ether oxygens (including phenoxy) is 1. The van der Waals surface area contributed by atoms with Crippen molar-refractivity contribution in [3.8, 4) is 5.75 Å². The lowest BCUT2D eigenvalue weighted by atomic mass is 10.1. The number of carbonyl (C=O) groups excluding carboxylic acids is 1. The van der Waals surface area contributed by atoms with Gasteiger partial charge >= 0.3 is 0 Å². The number of hydrogen-bond donors (Lipinski definition) is 1. The molecule has 1 aromatic carbocycles. The molecular formula is C12H13N3O2. The molecule has 1 amide bonds. The molecule has 3 rings (SSSR count). The first kappa shape index (κ1) is 10.1. The van der Waals surface area contributed by atoms with Gasteiger partial charge in [0.05, 0.1) is 18.5 Å². The van der Waals surface area contributed by atoms with E-state index >= 15 is 0 Å². The van der Waals surface area contributed by atoms with Gasteiger partial charge in [-0.2, -0.15) is 0 Å². The van der Waals surface area contributed by atoms with Crippen LogP contribution < -0.4 is 10.5 Å². The predicted octanol–water partition coefficient (Wildman–Crippen LogP) is 1.31. The largest absolute Gasteiger partial charge is 0.491 e. The highest BCUT2D eigenvalue weighted by atomic mass is 16.5. The van der Waals surface area contributed by atoms with E-state index in [9.17, 15) is 4.79 Å². The molecule has 0 atom stereocenters. The summed E-state index contributed by atoms with van der Waals surface area (Å²) in [5, 5.41) is 0. The second-order valence-electron chi connectivity index (χ2n) is 4.20. The molecule has 88 valence electrons. The molecule has 5 nitrogen and oxygen atoms in total. The van der Waals surface area contributed by atoms with E-state index in [-0.39, 0.29) is 0 Å². The van der Waals surface area contributed by atoms with E-state index in [4.69, 9.17) is 10.5 Å². The van der Waals surface area contributed by atoms with Crippen molar-refractivity contribution in [3.05, 3.63) is 24.0 Å². The molecule has 0 unspecified atom stereocenters. The maximum absolute atomic E-state index is 11.2. The molecule has 2 heterocycles. The summed E-state index contributed by atoms with van der Waals surface area (Å²) in [5.41, 5.74) is 7.45. The minimum Gasteiger partial charge on any atom is -0.491 e. The fraction of sp³-hybridized carbons (Fsp3) is 0.333. The topological polar surface area (TPSA) is 70.1 Å². The maximum atomic E-state index is 11.2. The molecule has 0 bridgehead atoms. The fourth-order valence-electron chi connectivity index (χ4n) is 2.16. The molecule has 0 saturated heterocycles. The highest BCUT2D eigenvalue weighted by Gasteiger charge is 2.15. The van der Waals surface area contributed by atoms with Crippen molar-refractivity contribution in [3.63, 3.8) is 0 Å². The Morgan fingerprint density at radius 1 is 1.41 bits per heavy atom. The van der Waals surface area contributed by atoms with Crippen LogP contribution in [0.15, 0.2) is 18.5 Å². The number of rotatable bonds is 1. The first-order valence-electron chi connectivity index (χ1n) is 5.67. The van der Waals surface area contributed by atoms with Crippen LogP contribution in [0.3, 0.4) is 0 Å². The van der Waals surface area contributed by atoms with E-state index in [1.54, 1.807) is 18.5 Å². The van der Waals surface area contributed by atoms with Crippen LogP contribution in [0.1, 0.15) is 23.2 Å². The summed E-state index contributed by atoms with van der Waals surface area (Å²) in [5.74, 6) is 0.247. The first-order chi connectivity index (χ1) is 8.25. The van der Waals surface area contributed by atoms with Gasteiger partial charge in [-0.25, -0.2) is 4.98 Å². The van der Waals surface area contributed by atoms with Gasteiger partial charge in [0.25, 0.3) is 0 Å². The van der Waals surface area contributed by atoms with E-state index < -0.39 is 5.91 Å². The van der Waals surface area contributed by atoms with Crippen molar-refractivity contribution < 1.29 is 9.53 Å². The van der Waals surface area contributed by atoms with Gasteiger partial charge < -0.3 is 15.0 Å². The average molecular weight is 231 g/mol. The Hall–Kier alpha value is -2.04. The molecule has 1 aromatic heterocycles. The molecule has 1 aliphatic rings. The lowest BCUT2D eigenvalue weighted by molar-refractivity contribution is 0.1000. The number of nitrogens with zero attached hydrogens (tertiary/aromatic N) is 2. The van der Waals surface area contributed by atoms with Gasteiger partial charge in [0.2, 0.25) is 5.91 Å². The van der Waals surface area contributed by atoms with E-state index in [0.717, 1.165) is 30.4 Å². The predicted molar refractivity (Wildman–Crippen MR) is 63.0 cm³/mol. The number of benzene rings is 1. The summed E-state index contributed by atoms with van der Waals surface area (Å²) in [6.45, 7) is 1.60. The van der Waals surface area contributed by atoms with Crippen LogP contribution in [0.4, 0.5) is 0 Å². The highest BCUT2D eigenvalue weighted by molar-refractivity contribution is 5.98. The van der Waals surface area contributed by atoms with Gasteiger partial charge in [-0.15, -0.1) is 0 Å². The molecular weight excluding hydrogens is 218 g/mol. The van der Waals surface area contributed by atoms with Crippen molar-refractivity contribution >= 4 is 16.9 Å². The third-order valence-corrected chi connectivity index (χ3v) is 3.01. The van der Waals surface area contributed by atoms with Crippen LogP contribution >= 0.6 is 0 Å². The molecule has 0 radical (unpaired) electrons.